The summed E-state index contributed by atoms with van der Waals surface area (Å²) >= 11 is 0. The van der Waals surface area contributed by atoms with Crippen molar-refractivity contribution >= 4 is 28.6 Å². The summed E-state index contributed by atoms with van der Waals surface area (Å²) in [6.45, 7) is 8.56. The molecule has 3 heterocycles. The molecular weight excluding hydrogens is 430 g/mol. The number of fused-ring (bicyclic) bond motifs is 3. The number of anilines is 1. The fourth-order valence-corrected chi connectivity index (χ4v) is 5.35. The molecule has 0 spiro atoms. The molecule has 1 aromatic carbocycles. The van der Waals surface area contributed by atoms with Crippen LogP contribution in [0.4, 0.5) is 5.69 Å². The summed E-state index contributed by atoms with van der Waals surface area (Å²) < 4.78 is 11.9. The molecule has 184 valence electrons. The highest BCUT2D eigenvalue weighted by atomic mass is 16.5. The van der Waals surface area contributed by atoms with Crippen LogP contribution in [0.3, 0.4) is 0 Å². The van der Waals surface area contributed by atoms with Gasteiger partial charge in [-0.1, -0.05) is 6.08 Å². The van der Waals surface area contributed by atoms with Crippen molar-refractivity contribution in [3.05, 3.63) is 29.5 Å². The van der Waals surface area contributed by atoms with Crippen molar-refractivity contribution in [3.63, 3.8) is 0 Å². The van der Waals surface area contributed by atoms with Crippen LogP contribution in [0.25, 0.3) is 16.5 Å². The quantitative estimate of drug-likeness (QED) is 0.432. The molecule has 5 rings (SSSR count). The Balaban J connectivity index is 0.000000868. The summed E-state index contributed by atoms with van der Waals surface area (Å²) in [5, 5.41) is 11.8. The third-order valence-electron chi connectivity index (χ3n) is 6.87. The average molecular weight is 468 g/mol. The first-order valence-electron chi connectivity index (χ1n) is 12.4. The number of aromatic nitrogens is 1. The second-order valence-corrected chi connectivity index (χ2v) is 10.00. The Hall–Kier alpha value is -2.80. The molecule has 2 aromatic rings. The van der Waals surface area contributed by atoms with E-state index >= 15 is 0 Å². The summed E-state index contributed by atoms with van der Waals surface area (Å²) in [6.07, 6.45) is 10.6. The van der Waals surface area contributed by atoms with Crippen LogP contribution in [-0.2, 0) is 11.2 Å². The lowest BCUT2D eigenvalue weighted by atomic mass is 9.95. The van der Waals surface area contributed by atoms with Crippen molar-refractivity contribution in [2.75, 3.05) is 38.7 Å². The van der Waals surface area contributed by atoms with Crippen molar-refractivity contribution in [2.24, 2.45) is 0 Å². The van der Waals surface area contributed by atoms with E-state index in [1.54, 1.807) is 7.11 Å². The first-order valence-corrected chi connectivity index (χ1v) is 12.4. The fourth-order valence-electron chi connectivity index (χ4n) is 5.35. The Morgan fingerprint density at radius 2 is 1.97 bits per heavy atom. The van der Waals surface area contributed by atoms with E-state index in [-0.39, 0.29) is 12.0 Å². The molecule has 3 aliphatic rings. The number of benzene rings is 1. The number of pyridine rings is 1. The third kappa shape index (κ3) is 5.30. The summed E-state index contributed by atoms with van der Waals surface area (Å²) in [4.78, 5) is 16.1. The molecule has 0 amide bonds. The molecule has 0 radical (unpaired) electrons. The van der Waals surface area contributed by atoms with Gasteiger partial charge in [-0.15, -0.1) is 0 Å². The number of hydrogen-bond donors (Lipinski definition) is 2. The Morgan fingerprint density at radius 1 is 1.21 bits per heavy atom. The molecule has 0 saturated carbocycles. The number of nitrogens with zero attached hydrogens (tertiary/aromatic N) is 2. The number of carboxylic acid groups (broad SMARTS) is 1. The Labute approximate surface area is 202 Å². The van der Waals surface area contributed by atoms with Gasteiger partial charge < -0.3 is 24.8 Å². The summed E-state index contributed by atoms with van der Waals surface area (Å²) in [6, 6.07) is 4.19. The highest BCUT2D eigenvalue weighted by Crippen LogP contribution is 2.45. The van der Waals surface area contributed by atoms with Gasteiger partial charge in [0.25, 0.3) is 6.47 Å². The molecule has 2 N–H and O–H groups in total. The van der Waals surface area contributed by atoms with Gasteiger partial charge in [0.1, 0.15) is 0 Å². The molecule has 2 aliphatic heterocycles. The molecule has 0 atom stereocenters. The smallest absolute Gasteiger partial charge is 0.290 e. The second kappa shape index (κ2) is 10.6. The van der Waals surface area contributed by atoms with E-state index < -0.39 is 0 Å². The van der Waals surface area contributed by atoms with Crippen molar-refractivity contribution in [3.8, 4) is 11.5 Å². The minimum atomic E-state index is -0.250. The molecule has 1 fully saturated rings. The van der Waals surface area contributed by atoms with E-state index in [0.717, 1.165) is 54.6 Å². The number of likely N-dealkylation sites (tertiary alicyclic amines) is 1. The molecule has 7 nitrogen and oxygen atoms in total. The number of methoxy groups -OCH3 is 1. The Kier molecular flexibility index (Phi) is 7.61. The van der Waals surface area contributed by atoms with Gasteiger partial charge in [-0.3, -0.25) is 4.79 Å². The summed E-state index contributed by atoms with van der Waals surface area (Å²) in [5.74, 6) is 1.59. The minimum Gasteiger partial charge on any atom is -0.493 e. The molecule has 1 saturated heterocycles. The van der Waals surface area contributed by atoms with Crippen LogP contribution in [0.2, 0.25) is 0 Å². The Morgan fingerprint density at radius 3 is 2.65 bits per heavy atom. The number of rotatable bonds is 7. The second-order valence-electron chi connectivity index (χ2n) is 10.00. The highest BCUT2D eigenvalue weighted by Gasteiger charge is 2.33. The van der Waals surface area contributed by atoms with Gasteiger partial charge in [-0.05, 0) is 83.5 Å². The van der Waals surface area contributed by atoms with Gasteiger partial charge in [0.15, 0.2) is 11.5 Å². The van der Waals surface area contributed by atoms with E-state index in [4.69, 9.17) is 24.4 Å². The average Bonchev–Trinajstić information content (AvgIpc) is 3.57. The van der Waals surface area contributed by atoms with Gasteiger partial charge in [0, 0.05) is 34.8 Å². The zero-order chi connectivity index (χ0) is 24.1. The first kappa shape index (κ1) is 24.3. The van der Waals surface area contributed by atoms with Crippen LogP contribution in [0, 0.1) is 0 Å². The molecule has 0 unspecified atom stereocenters. The van der Waals surface area contributed by atoms with Crippen molar-refractivity contribution in [1.82, 2.24) is 9.88 Å². The maximum absolute atomic E-state index is 8.36. The standard InChI is InChI=1S/C26H35N3O2.CH2O2/c1-26(2)17-20-24(18-9-4-5-10-18)27-21-16-23(22(30-3)15-19(21)25(20)28-26)31-14-8-13-29-11-6-7-12-29;2-1-3/h9,15-16,28H,4-8,10-14,17H2,1-3H3;1H,(H,2,3). The van der Waals surface area contributed by atoms with Gasteiger partial charge >= 0.3 is 0 Å². The van der Waals surface area contributed by atoms with E-state index in [1.165, 1.54) is 54.9 Å². The minimum absolute atomic E-state index is 0.0319. The molecule has 1 aliphatic carbocycles. The van der Waals surface area contributed by atoms with E-state index in [0.29, 0.717) is 6.61 Å². The molecule has 7 heteroatoms. The van der Waals surface area contributed by atoms with Crippen LogP contribution in [0.1, 0.15) is 63.6 Å². The first-order chi connectivity index (χ1) is 16.5. The van der Waals surface area contributed by atoms with Crippen LogP contribution >= 0.6 is 0 Å². The van der Waals surface area contributed by atoms with Crippen LogP contribution < -0.4 is 14.8 Å². The van der Waals surface area contributed by atoms with E-state index in [9.17, 15) is 0 Å². The van der Waals surface area contributed by atoms with E-state index in [1.807, 2.05) is 0 Å². The number of nitrogens with one attached hydrogen (secondary N) is 1. The van der Waals surface area contributed by atoms with Gasteiger partial charge in [0.2, 0.25) is 0 Å². The van der Waals surface area contributed by atoms with Crippen LogP contribution in [0.5, 0.6) is 11.5 Å². The fraction of sp³-hybridized carbons (Fsp3) is 0.556. The van der Waals surface area contributed by atoms with Gasteiger partial charge in [-0.25, -0.2) is 4.98 Å². The van der Waals surface area contributed by atoms with Gasteiger partial charge in [-0.2, -0.15) is 0 Å². The maximum Gasteiger partial charge on any atom is 0.290 e. The maximum atomic E-state index is 8.36. The zero-order valence-electron chi connectivity index (χ0n) is 20.7. The lowest BCUT2D eigenvalue weighted by Gasteiger charge is -2.19. The zero-order valence-corrected chi connectivity index (χ0v) is 20.7. The van der Waals surface area contributed by atoms with Crippen LogP contribution in [0.15, 0.2) is 18.2 Å². The molecule has 0 bridgehead atoms. The predicted octanol–water partition coefficient (Wildman–Crippen LogP) is 5.12. The molecule has 1 aromatic heterocycles. The van der Waals surface area contributed by atoms with Crippen molar-refractivity contribution in [2.45, 2.75) is 64.3 Å². The van der Waals surface area contributed by atoms with Crippen molar-refractivity contribution < 1.29 is 19.4 Å². The van der Waals surface area contributed by atoms with Crippen LogP contribution in [-0.4, -0.2) is 60.4 Å². The summed E-state index contributed by atoms with van der Waals surface area (Å²) in [5.41, 5.74) is 6.18. The normalized spacial score (nSPS) is 18.6. The monoisotopic (exact) mass is 467 g/mol. The lowest BCUT2D eigenvalue weighted by Crippen LogP contribution is -2.27. The van der Waals surface area contributed by atoms with Crippen molar-refractivity contribution in [1.29, 1.82) is 0 Å². The number of allylic oxidation sites excluding steroid dienone is 2. The molecule has 34 heavy (non-hydrogen) atoms. The third-order valence-corrected chi connectivity index (χ3v) is 6.87. The Bertz CT molecular complexity index is 1060. The van der Waals surface area contributed by atoms with E-state index in [2.05, 4.69) is 42.3 Å². The molecular formula is C27H37N3O4. The SMILES string of the molecule is COc1cc2c3c(c(C4=CCCC4)nc2cc1OCCCN1CCCC1)CC(C)(C)N3.O=CO. The van der Waals surface area contributed by atoms with Gasteiger partial charge in [0.05, 0.1) is 24.9 Å². The predicted molar refractivity (Wildman–Crippen MR) is 136 cm³/mol. The number of hydrogen-bond acceptors (Lipinski definition) is 6. The largest absolute Gasteiger partial charge is 0.493 e. The summed E-state index contributed by atoms with van der Waals surface area (Å²) in [7, 11) is 1.72. The lowest BCUT2D eigenvalue weighted by molar-refractivity contribution is -0.122. The number of ether oxygens (including phenoxy) is 2. The number of carbonyl (C=O) groups is 1. The topological polar surface area (TPSA) is 83.9 Å². The highest BCUT2D eigenvalue weighted by molar-refractivity contribution is 5.99.